The average Bonchev–Trinajstić information content (AvgIpc) is 3.44. The van der Waals surface area contributed by atoms with E-state index in [1.165, 1.54) is 193 Å². The number of ether oxygens (including phenoxy) is 3. The van der Waals surface area contributed by atoms with E-state index in [2.05, 4.69) is 106 Å². The number of esters is 3. The number of allylic oxidation sites excluding steroid dienone is 14. The molecule has 0 rings (SSSR count). The third-order valence-corrected chi connectivity index (χ3v) is 14.6. The van der Waals surface area contributed by atoms with Crippen LogP contribution in [0.15, 0.2) is 85.1 Å². The maximum atomic E-state index is 12.9. The zero-order valence-corrected chi connectivity index (χ0v) is 51.7. The maximum absolute atomic E-state index is 12.9. The largest absolute Gasteiger partial charge is 0.462 e. The van der Waals surface area contributed by atoms with Crippen LogP contribution in [0.3, 0.4) is 0 Å². The molecule has 78 heavy (non-hydrogen) atoms. The topological polar surface area (TPSA) is 78.9 Å². The summed E-state index contributed by atoms with van der Waals surface area (Å²) in [5.41, 5.74) is 0. The van der Waals surface area contributed by atoms with Gasteiger partial charge in [0.05, 0.1) is 0 Å². The van der Waals surface area contributed by atoms with Gasteiger partial charge in [0, 0.05) is 19.3 Å². The lowest BCUT2D eigenvalue weighted by Crippen LogP contribution is -2.30. The fourth-order valence-electron chi connectivity index (χ4n) is 9.62. The zero-order valence-electron chi connectivity index (χ0n) is 51.7. The Bertz CT molecular complexity index is 1480. The highest BCUT2D eigenvalue weighted by molar-refractivity contribution is 5.71. The van der Waals surface area contributed by atoms with Gasteiger partial charge in [0.1, 0.15) is 13.2 Å². The van der Waals surface area contributed by atoms with E-state index in [1.807, 2.05) is 0 Å². The molecular weight excluding hydrogens is 961 g/mol. The van der Waals surface area contributed by atoms with Crippen LogP contribution in [0.1, 0.15) is 335 Å². The van der Waals surface area contributed by atoms with Crippen molar-refractivity contribution in [3.05, 3.63) is 85.1 Å². The Labute approximate surface area is 484 Å². The molecule has 0 aromatic rings. The van der Waals surface area contributed by atoms with Crippen molar-refractivity contribution in [1.82, 2.24) is 0 Å². The second-order valence-corrected chi connectivity index (χ2v) is 22.4. The van der Waals surface area contributed by atoms with Crippen LogP contribution in [0.5, 0.6) is 0 Å². The van der Waals surface area contributed by atoms with Gasteiger partial charge in [-0.05, 0) is 96.3 Å². The van der Waals surface area contributed by atoms with E-state index in [-0.39, 0.29) is 31.1 Å². The van der Waals surface area contributed by atoms with Crippen molar-refractivity contribution in [3.63, 3.8) is 0 Å². The van der Waals surface area contributed by atoms with Crippen LogP contribution in [0, 0.1) is 0 Å². The van der Waals surface area contributed by atoms with Gasteiger partial charge in [-0.25, -0.2) is 0 Å². The minimum absolute atomic E-state index is 0.0761. The molecule has 1 unspecified atom stereocenters. The molecule has 0 aliphatic carbocycles. The molecule has 0 aromatic carbocycles. The Morgan fingerprint density at radius 1 is 0.269 bits per heavy atom. The van der Waals surface area contributed by atoms with E-state index in [1.54, 1.807) is 0 Å². The molecule has 0 saturated carbocycles. The second kappa shape index (κ2) is 66.1. The summed E-state index contributed by atoms with van der Waals surface area (Å²) in [4.78, 5) is 38.2. The highest BCUT2D eigenvalue weighted by Gasteiger charge is 2.19. The molecule has 0 aromatic heterocycles. The number of carbonyl (C=O) groups is 3. The van der Waals surface area contributed by atoms with E-state index in [0.29, 0.717) is 19.3 Å². The van der Waals surface area contributed by atoms with Crippen LogP contribution in [0.25, 0.3) is 0 Å². The van der Waals surface area contributed by atoms with Crippen molar-refractivity contribution in [2.24, 2.45) is 0 Å². The van der Waals surface area contributed by atoms with Crippen molar-refractivity contribution < 1.29 is 28.6 Å². The molecule has 0 aliphatic heterocycles. The van der Waals surface area contributed by atoms with Gasteiger partial charge in [-0.1, -0.05) is 305 Å². The standard InChI is InChI=1S/C72H126O6/c1-4-7-10-13-16-19-21-23-25-27-29-31-33-35-36-38-39-41-43-45-47-49-51-53-56-59-62-65-71(74)77-68-69(67-76-70(73)64-61-58-55-18-15-12-9-6-3)78-72(75)66-63-60-57-54-52-50-48-46-44-42-40-37-34-32-30-28-26-24-22-20-17-14-11-8-5-2/h7,10,16,19,23,25,28-31,35-36,39,41,69H,4-6,8-9,11-15,17-18,20-22,24,26-27,32-34,37-38,40,42-68H2,1-3H3/b10-7-,19-16-,25-23-,30-28-,31-29-,36-35-,41-39-. The summed E-state index contributed by atoms with van der Waals surface area (Å²) in [7, 11) is 0. The van der Waals surface area contributed by atoms with Crippen LogP contribution in [-0.2, 0) is 28.6 Å². The molecule has 450 valence electrons. The third kappa shape index (κ3) is 63.4. The summed E-state index contributed by atoms with van der Waals surface area (Å²) in [6.45, 7) is 6.53. The van der Waals surface area contributed by atoms with Crippen LogP contribution in [0.4, 0.5) is 0 Å². The fraction of sp³-hybridized carbons (Fsp3) is 0.764. The van der Waals surface area contributed by atoms with E-state index in [9.17, 15) is 14.4 Å². The first-order valence-corrected chi connectivity index (χ1v) is 33.6. The number of hydrogen-bond acceptors (Lipinski definition) is 6. The highest BCUT2D eigenvalue weighted by Crippen LogP contribution is 2.17. The van der Waals surface area contributed by atoms with Gasteiger partial charge >= 0.3 is 17.9 Å². The molecule has 0 N–H and O–H groups in total. The van der Waals surface area contributed by atoms with E-state index in [4.69, 9.17) is 14.2 Å². The van der Waals surface area contributed by atoms with Gasteiger partial charge in [0.15, 0.2) is 6.10 Å². The van der Waals surface area contributed by atoms with Gasteiger partial charge in [0.2, 0.25) is 0 Å². The van der Waals surface area contributed by atoms with E-state index < -0.39 is 6.10 Å². The van der Waals surface area contributed by atoms with Crippen molar-refractivity contribution in [2.45, 2.75) is 341 Å². The Kier molecular flexibility index (Phi) is 63.2. The number of unbranched alkanes of at least 4 members (excludes halogenated alkanes) is 36. The van der Waals surface area contributed by atoms with Crippen LogP contribution < -0.4 is 0 Å². The molecule has 6 heteroatoms. The number of rotatable bonds is 61. The molecule has 0 saturated heterocycles. The summed E-state index contributed by atoms with van der Waals surface area (Å²) in [6.07, 6.45) is 87.6. The van der Waals surface area contributed by atoms with Crippen LogP contribution in [0.2, 0.25) is 0 Å². The molecule has 0 heterocycles. The van der Waals surface area contributed by atoms with Crippen molar-refractivity contribution in [1.29, 1.82) is 0 Å². The van der Waals surface area contributed by atoms with Gasteiger partial charge in [-0.15, -0.1) is 0 Å². The van der Waals surface area contributed by atoms with Gasteiger partial charge < -0.3 is 14.2 Å². The van der Waals surface area contributed by atoms with Crippen molar-refractivity contribution in [3.8, 4) is 0 Å². The lowest BCUT2D eigenvalue weighted by atomic mass is 10.0. The summed E-state index contributed by atoms with van der Waals surface area (Å²) in [5.74, 6) is -0.875. The highest BCUT2D eigenvalue weighted by atomic mass is 16.6. The predicted octanol–water partition coefficient (Wildman–Crippen LogP) is 23.1. The zero-order chi connectivity index (χ0) is 56.4. The lowest BCUT2D eigenvalue weighted by molar-refractivity contribution is -0.167. The Hall–Kier alpha value is -3.41. The first-order chi connectivity index (χ1) is 38.5. The van der Waals surface area contributed by atoms with E-state index >= 15 is 0 Å². The summed E-state index contributed by atoms with van der Waals surface area (Å²) in [5, 5.41) is 0. The SMILES string of the molecule is CC/C=C\C/C=C\C/C=C\C/C=C\C/C=C\C/C=C\CCCCCCCCCCC(=O)OCC(COC(=O)CCCCCCCCCC)OC(=O)CCCCCCCCCCCCCCC/C=C\CCCCCCCCCC. The molecule has 0 fully saturated rings. The molecule has 0 spiro atoms. The normalized spacial score (nSPS) is 12.6. The number of carbonyl (C=O) groups excluding carboxylic acids is 3. The minimum Gasteiger partial charge on any atom is -0.462 e. The monoisotopic (exact) mass is 1090 g/mol. The lowest BCUT2D eigenvalue weighted by Gasteiger charge is -2.18. The first-order valence-electron chi connectivity index (χ1n) is 33.6. The quantitative estimate of drug-likeness (QED) is 0.0261. The Morgan fingerprint density at radius 2 is 0.500 bits per heavy atom. The predicted molar refractivity (Wildman–Crippen MR) is 339 cm³/mol. The third-order valence-electron chi connectivity index (χ3n) is 14.6. The van der Waals surface area contributed by atoms with Crippen molar-refractivity contribution >= 4 is 17.9 Å². The van der Waals surface area contributed by atoms with Gasteiger partial charge in [-0.2, -0.15) is 0 Å². The fourth-order valence-corrected chi connectivity index (χ4v) is 9.62. The Morgan fingerprint density at radius 3 is 0.795 bits per heavy atom. The van der Waals surface area contributed by atoms with Gasteiger partial charge in [-0.3, -0.25) is 14.4 Å². The summed E-state index contributed by atoms with van der Waals surface area (Å²) < 4.78 is 16.9. The Balaban J connectivity index is 4.17. The van der Waals surface area contributed by atoms with Crippen LogP contribution in [-0.4, -0.2) is 37.2 Å². The first kappa shape index (κ1) is 74.6. The van der Waals surface area contributed by atoms with Crippen molar-refractivity contribution in [2.75, 3.05) is 13.2 Å². The smallest absolute Gasteiger partial charge is 0.306 e. The van der Waals surface area contributed by atoms with E-state index in [0.717, 1.165) is 103 Å². The summed E-state index contributed by atoms with van der Waals surface area (Å²) >= 11 is 0. The molecule has 0 amide bonds. The molecular formula is C72H126O6. The average molecular weight is 1090 g/mol. The molecule has 6 nitrogen and oxygen atoms in total. The summed E-state index contributed by atoms with van der Waals surface area (Å²) in [6, 6.07) is 0. The molecule has 0 radical (unpaired) electrons. The maximum Gasteiger partial charge on any atom is 0.306 e. The molecule has 1 atom stereocenters. The van der Waals surface area contributed by atoms with Crippen LogP contribution >= 0.6 is 0 Å². The molecule has 0 bridgehead atoms. The number of hydrogen-bond donors (Lipinski definition) is 0. The van der Waals surface area contributed by atoms with Gasteiger partial charge in [0.25, 0.3) is 0 Å². The minimum atomic E-state index is -0.778. The molecule has 0 aliphatic rings. The second-order valence-electron chi connectivity index (χ2n) is 22.4.